The Hall–Kier alpha value is -2.80. The van der Waals surface area contributed by atoms with Gasteiger partial charge in [0.25, 0.3) is 0 Å². The molecule has 3 rings (SSSR count). The van der Waals surface area contributed by atoms with Crippen molar-refractivity contribution in [2.45, 2.75) is 18.9 Å². The molecule has 1 saturated heterocycles. The van der Waals surface area contributed by atoms with E-state index >= 15 is 0 Å². The zero-order valence-corrected chi connectivity index (χ0v) is 16.9. The number of hydrogen-bond acceptors (Lipinski definition) is 5. The van der Waals surface area contributed by atoms with Crippen molar-refractivity contribution >= 4 is 5.97 Å². The van der Waals surface area contributed by atoms with E-state index in [0.717, 1.165) is 11.1 Å². The molecule has 2 aromatic rings. The van der Waals surface area contributed by atoms with Crippen LogP contribution in [-0.4, -0.2) is 50.4 Å². The van der Waals surface area contributed by atoms with Crippen LogP contribution in [0, 0.1) is 11.7 Å². The number of aliphatic carboxylic acids is 1. The molecule has 0 radical (unpaired) electrons. The lowest BCUT2D eigenvalue weighted by atomic mass is 9.91. The first kappa shape index (κ1) is 20.9. The standard InChI is InChI=1S/C22H26FNO5/c1-27-18-6-4-15(12-17(18)23)21(24-10-8-14(9-11-24)22(25)26)16-5-7-19(28-2)20(13-16)29-3/h4-7,12-14,21H,8-11H2,1-3H3,(H,25,26). The summed E-state index contributed by atoms with van der Waals surface area (Å²) in [6.45, 7) is 1.20. The number of benzene rings is 2. The van der Waals surface area contributed by atoms with Crippen molar-refractivity contribution in [1.29, 1.82) is 0 Å². The molecule has 0 amide bonds. The van der Waals surface area contributed by atoms with Crippen LogP contribution in [0.5, 0.6) is 17.2 Å². The third-order valence-corrected chi connectivity index (χ3v) is 5.46. The molecule has 6 nitrogen and oxygen atoms in total. The van der Waals surface area contributed by atoms with Crippen LogP contribution in [0.15, 0.2) is 36.4 Å². The molecule has 0 bridgehead atoms. The van der Waals surface area contributed by atoms with Crippen molar-refractivity contribution in [2.75, 3.05) is 34.4 Å². The largest absolute Gasteiger partial charge is 0.494 e. The smallest absolute Gasteiger partial charge is 0.306 e. The summed E-state index contributed by atoms with van der Waals surface area (Å²) in [6.07, 6.45) is 1.11. The molecule has 1 fully saturated rings. The quantitative estimate of drug-likeness (QED) is 0.760. The van der Waals surface area contributed by atoms with Crippen molar-refractivity contribution in [3.8, 4) is 17.2 Å². The minimum absolute atomic E-state index is 0.185. The molecule has 1 heterocycles. The molecule has 1 aliphatic rings. The van der Waals surface area contributed by atoms with Gasteiger partial charge in [-0.1, -0.05) is 12.1 Å². The van der Waals surface area contributed by atoms with Crippen LogP contribution in [0.4, 0.5) is 4.39 Å². The number of methoxy groups -OCH3 is 3. The van der Waals surface area contributed by atoms with Crippen LogP contribution >= 0.6 is 0 Å². The van der Waals surface area contributed by atoms with Crippen LogP contribution in [0.1, 0.15) is 30.0 Å². The molecule has 0 saturated carbocycles. The number of carboxylic acid groups (broad SMARTS) is 1. The molecule has 29 heavy (non-hydrogen) atoms. The Kier molecular flexibility index (Phi) is 6.59. The summed E-state index contributed by atoms with van der Waals surface area (Å²) >= 11 is 0. The zero-order valence-electron chi connectivity index (χ0n) is 16.9. The SMILES string of the molecule is COc1ccc(C(c2ccc(OC)c(OC)c2)N2CCC(C(=O)O)CC2)cc1F. The Bertz CT molecular complexity index is 864. The first-order valence-electron chi connectivity index (χ1n) is 9.50. The lowest BCUT2D eigenvalue weighted by molar-refractivity contribution is -0.143. The first-order chi connectivity index (χ1) is 14.0. The minimum atomic E-state index is -0.761. The average molecular weight is 403 g/mol. The molecule has 2 aromatic carbocycles. The van der Waals surface area contributed by atoms with Gasteiger partial charge in [-0.3, -0.25) is 9.69 Å². The van der Waals surface area contributed by atoms with Gasteiger partial charge in [-0.25, -0.2) is 4.39 Å². The number of piperidine rings is 1. The highest BCUT2D eigenvalue weighted by Gasteiger charge is 2.31. The van der Waals surface area contributed by atoms with E-state index in [2.05, 4.69) is 4.90 Å². The fraction of sp³-hybridized carbons (Fsp3) is 0.409. The number of nitrogens with zero attached hydrogens (tertiary/aromatic N) is 1. The summed E-state index contributed by atoms with van der Waals surface area (Å²) in [5, 5.41) is 9.30. The lowest BCUT2D eigenvalue weighted by Gasteiger charge is -2.37. The van der Waals surface area contributed by atoms with Gasteiger partial charge in [0.1, 0.15) is 0 Å². The van der Waals surface area contributed by atoms with Gasteiger partial charge in [-0.15, -0.1) is 0 Å². The van der Waals surface area contributed by atoms with E-state index in [1.165, 1.54) is 13.2 Å². The Morgan fingerprint density at radius 1 is 0.966 bits per heavy atom. The van der Waals surface area contributed by atoms with Gasteiger partial charge in [0, 0.05) is 0 Å². The van der Waals surface area contributed by atoms with E-state index in [9.17, 15) is 14.3 Å². The van der Waals surface area contributed by atoms with Gasteiger partial charge >= 0.3 is 5.97 Å². The van der Waals surface area contributed by atoms with Crippen LogP contribution in [0.3, 0.4) is 0 Å². The predicted molar refractivity (Wildman–Crippen MR) is 106 cm³/mol. The highest BCUT2D eigenvalue weighted by molar-refractivity contribution is 5.70. The molecule has 0 spiro atoms. The second-order valence-electron chi connectivity index (χ2n) is 7.06. The number of carboxylic acids is 1. The molecule has 1 N–H and O–H groups in total. The third kappa shape index (κ3) is 4.45. The second kappa shape index (κ2) is 9.13. The highest BCUT2D eigenvalue weighted by Crippen LogP contribution is 2.38. The van der Waals surface area contributed by atoms with Crippen LogP contribution < -0.4 is 14.2 Å². The van der Waals surface area contributed by atoms with Gasteiger partial charge in [-0.05, 0) is 61.3 Å². The fourth-order valence-electron chi connectivity index (χ4n) is 3.89. The predicted octanol–water partition coefficient (Wildman–Crippen LogP) is 3.74. The van der Waals surface area contributed by atoms with E-state index in [0.29, 0.717) is 37.4 Å². The summed E-state index contributed by atoms with van der Waals surface area (Å²) < 4.78 is 30.3. The van der Waals surface area contributed by atoms with Crippen molar-refractivity contribution in [1.82, 2.24) is 4.90 Å². The van der Waals surface area contributed by atoms with E-state index in [1.54, 1.807) is 20.3 Å². The lowest BCUT2D eigenvalue weighted by Crippen LogP contribution is -2.39. The Labute approximate surface area is 169 Å². The van der Waals surface area contributed by atoms with Gasteiger partial charge in [0.15, 0.2) is 23.1 Å². The summed E-state index contributed by atoms with van der Waals surface area (Å²) in [5.74, 6) is -0.155. The van der Waals surface area contributed by atoms with Crippen molar-refractivity contribution in [3.63, 3.8) is 0 Å². The van der Waals surface area contributed by atoms with E-state index < -0.39 is 11.8 Å². The number of hydrogen-bond donors (Lipinski definition) is 1. The average Bonchev–Trinajstić information content (AvgIpc) is 2.74. The maximum atomic E-state index is 14.5. The number of halogens is 1. The zero-order chi connectivity index (χ0) is 21.0. The molecule has 0 aliphatic carbocycles. The van der Waals surface area contributed by atoms with Gasteiger partial charge < -0.3 is 19.3 Å². The maximum absolute atomic E-state index is 14.5. The Morgan fingerprint density at radius 3 is 2.03 bits per heavy atom. The van der Waals surface area contributed by atoms with Crippen LogP contribution in [0.25, 0.3) is 0 Å². The van der Waals surface area contributed by atoms with Gasteiger partial charge in [-0.2, -0.15) is 0 Å². The van der Waals surface area contributed by atoms with Crippen LogP contribution in [0.2, 0.25) is 0 Å². The Balaban J connectivity index is 2.00. The topological polar surface area (TPSA) is 68.2 Å². The normalized spacial score (nSPS) is 16.3. The number of rotatable bonds is 7. The summed E-state index contributed by atoms with van der Waals surface area (Å²) in [5.41, 5.74) is 1.69. The van der Waals surface area contributed by atoms with Crippen molar-refractivity contribution in [2.24, 2.45) is 5.92 Å². The van der Waals surface area contributed by atoms with Crippen LogP contribution in [-0.2, 0) is 4.79 Å². The summed E-state index contributed by atoms with van der Waals surface area (Å²) in [7, 11) is 4.58. The first-order valence-corrected chi connectivity index (χ1v) is 9.50. The molecule has 156 valence electrons. The van der Waals surface area contributed by atoms with Crippen molar-refractivity contribution in [3.05, 3.63) is 53.3 Å². The number of ether oxygens (including phenoxy) is 3. The second-order valence-corrected chi connectivity index (χ2v) is 7.06. The Morgan fingerprint density at radius 2 is 1.52 bits per heavy atom. The summed E-state index contributed by atoms with van der Waals surface area (Å²) in [6, 6.07) is 10.3. The molecule has 7 heteroatoms. The van der Waals surface area contributed by atoms with Gasteiger partial charge in [0.05, 0.1) is 33.3 Å². The monoisotopic (exact) mass is 403 g/mol. The van der Waals surface area contributed by atoms with E-state index in [-0.39, 0.29) is 17.7 Å². The van der Waals surface area contributed by atoms with E-state index in [1.807, 2.05) is 24.3 Å². The number of likely N-dealkylation sites (tertiary alicyclic amines) is 1. The molecular weight excluding hydrogens is 377 g/mol. The highest BCUT2D eigenvalue weighted by atomic mass is 19.1. The van der Waals surface area contributed by atoms with Gasteiger partial charge in [0.2, 0.25) is 0 Å². The fourth-order valence-corrected chi connectivity index (χ4v) is 3.89. The number of carbonyl (C=O) groups is 1. The summed E-state index contributed by atoms with van der Waals surface area (Å²) in [4.78, 5) is 13.5. The van der Waals surface area contributed by atoms with E-state index in [4.69, 9.17) is 14.2 Å². The maximum Gasteiger partial charge on any atom is 0.306 e. The molecule has 0 aromatic heterocycles. The molecule has 1 atom stereocenters. The van der Waals surface area contributed by atoms with Crippen molar-refractivity contribution < 1.29 is 28.5 Å². The molecule has 1 aliphatic heterocycles. The molecule has 1 unspecified atom stereocenters. The minimum Gasteiger partial charge on any atom is -0.494 e. The third-order valence-electron chi connectivity index (χ3n) is 5.46. The molecular formula is C22H26FNO5.